The van der Waals surface area contributed by atoms with Gasteiger partial charge in [-0.05, 0) is 19.8 Å². The van der Waals surface area contributed by atoms with Crippen molar-refractivity contribution >= 4 is 17.2 Å². The molecule has 0 aliphatic carbocycles. The molecule has 3 heterocycles. The smallest absolute Gasteiger partial charge is 0.263 e. The first-order valence-corrected chi connectivity index (χ1v) is 8.13. The summed E-state index contributed by atoms with van der Waals surface area (Å²) in [4.78, 5) is 17.6. The standard InChI is InChI=1S/C14H19N5O2S/c1-9-12(13(20)15-6-11-18-16-8-19(11)2)22-14(17-9)10-4-3-5-21-7-10/h8,10H,3-7H2,1-2H3,(H,15,20). The molecule has 0 radical (unpaired) electrons. The van der Waals surface area contributed by atoms with Gasteiger partial charge < -0.3 is 14.6 Å². The Bertz CT molecular complexity index is 660. The summed E-state index contributed by atoms with van der Waals surface area (Å²) >= 11 is 1.47. The monoisotopic (exact) mass is 321 g/mol. The third-order valence-electron chi connectivity index (χ3n) is 3.74. The van der Waals surface area contributed by atoms with Crippen LogP contribution in [0.1, 0.15) is 45.0 Å². The molecule has 0 bridgehead atoms. The quantitative estimate of drug-likeness (QED) is 0.920. The summed E-state index contributed by atoms with van der Waals surface area (Å²) in [7, 11) is 1.85. The number of aryl methyl sites for hydroxylation is 2. The number of ether oxygens (including phenoxy) is 1. The van der Waals surface area contributed by atoms with E-state index in [9.17, 15) is 4.79 Å². The molecule has 3 rings (SSSR count). The average Bonchev–Trinajstić information content (AvgIpc) is 3.12. The van der Waals surface area contributed by atoms with Crippen molar-refractivity contribution in [3.63, 3.8) is 0 Å². The number of nitrogens with zero attached hydrogens (tertiary/aromatic N) is 4. The van der Waals surface area contributed by atoms with Gasteiger partial charge in [-0.15, -0.1) is 21.5 Å². The van der Waals surface area contributed by atoms with E-state index in [0.29, 0.717) is 23.9 Å². The second kappa shape index (κ2) is 6.53. The molecule has 1 saturated heterocycles. The Balaban J connectivity index is 1.67. The van der Waals surface area contributed by atoms with Crippen molar-refractivity contribution in [2.45, 2.75) is 32.2 Å². The van der Waals surface area contributed by atoms with Gasteiger partial charge in [0.2, 0.25) is 0 Å². The van der Waals surface area contributed by atoms with Crippen LogP contribution in [0.15, 0.2) is 6.33 Å². The summed E-state index contributed by atoms with van der Waals surface area (Å²) < 4.78 is 7.29. The average molecular weight is 321 g/mol. The van der Waals surface area contributed by atoms with E-state index in [4.69, 9.17) is 4.74 Å². The van der Waals surface area contributed by atoms with E-state index in [1.165, 1.54) is 11.3 Å². The van der Waals surface area contributed by atoms with E-state index >= 15 is 0 Å². The Labute approximate surface area is 132 Å². The van der Waals surface area contributed by atoms with Crippen molar-refractivity contribution in [2.75, 3.05) is 13.2 Å². The van der Waals surface area contributed by atoms with Crippen LogP contribution in [0.5, 0.6) is 0 Å². The van der Waals surface area contributed by atoms with Gasteiger partial charge in [0.05, 0.1) is 23.9 Å². The number of hydrogen-bond acceptors (Lipinski definition) is 6. The molecule has 118 valence electrons. The lowest BCUT2D eigenvalue weighted by atomic mass is 10.0. The maximum Gasteiger partial charge on any atom is 0.263 e. The van der Waals surface area contributed by atoms with Gasteiger partial charge in [0, 0.05) is 19.6 Å². The van der Waals surface area contributed by atoms with Crippen molar-refractivity contribution in [3.8, 4) is 0 Å². The minimum atomic E-state index is -0.110. The van der Waals surface area contributed by atoms with Crippen LogP contribution in [0.3, 0.4) is 0 Å². The maximum absolute atomic E-state index is 12.3. The van der Waals surface area contributed by atoms with Gasteiger partial charge in [-0.1, -0.05) is 0 Å². The Kier molecular flexibility index (Phi) is 4.49. The minimum absolute atomic E-state index is 0.110. The predicted octanol–water partition coefficient (Wildman–Crippen LogP) is 1.40. The SMILES string of the molecule is Cc1nc(C2CCCOC2)sc1C(=O)NCc1nncn1C. The molecule has 22 heavy (non-hydrogen) atoms. The van der Waals surface area contributed by atoms with Gasteiger partial charge in [0.15, 0.2) is 5.82 Å². The molecule has 1 aliphatic heterocycles. The summed E-state index contributed by atoms with van der Waals surface area (Å²) in [5.41, 5.74) is 0.779. The molecule has 7 nitrogen and oxygen atoms in total. The second-order valence-electron chi connectivity index (χ2n) is 5.42. The van der Waals surface area contributed by atoms with Crippen molar-refractivity contribution in [3.05, 3.63) is 27.7 Å². The third kappa shape index (κ3) is 3.17. The van der Waals surface area contributed by atoms with Crippen LogP contribution in [0.25, 0.3) is 0 Å². The topological polar surface area (TPSA) is 81.9 Å². The molecular formula is C14H19N5O2S. The predicted molar refractivity (Wildman–Crippen MR) is 81.8 cm³/mol. The number of carbonyl (C=O) groups is 1. The summed E-state index contributed by atoms with van der Waals surface area (Å²) in [5, 5.41) is 11.6. The van der Waals surface area contributed by atoms with E-state index in [2.05, 4.69) is 20.5 Å². The molecule has 1 aliphatic rings. The van der Waals surface area contributed by atoms with Crippen molar-refractivity contribution in [1.82, 2.24) is 25.1 Å². The number of hydrogen-bond donors (Lipinski definition) is 1. The zero-order valence-electron chi connectivity index (χ0n) is 12.7. The molecule has 0 aromatic carbocycles. The van der Waals surface area contributed by atoms with Crippen LogP contribution in [0.2, 0.25) is 0 Å². The first-order chi connectivity index (χ1) is 10.6. The highest BCUT2D eigenvalue weighted by molar-refractivity contribution is 7.13. The minimum Gasteiger partial charge on any atom is -0.381 e. The molecule has 1 amide bonds. The van der Waals surface area contributed by atoms with E-state index in [1.807, 2.05) is 14.0 Å². The summed E-state index contributed by atoms with van der Waals surface area (Å²) in [6.07, 6.45) is 3.74. The number of amides is 1. The molecule has 0 spiro atoms. The fourth-order valence-corrected chi connectivity index (χ4v) is 3.55. The van der Waals surface area contributed by atoms with Crippen LogP contribution in [-0.2, 0) is 18.3 Å². The van der Waals surface area contributed by atoms with Gasteiger partial charge in [-0.3, -0.25) is 4.79 Å². The number of rotatable bonds is 4. The number of carbonyl (C=O) groups excluding carboxylic acids is 1. The summed E-state index contributed by atoms with van der Waals surface area (Å²) in [6.45, 7) is 3.76. The first kappa shape index (κ1) is 15.1. The van der Waals surface area contributed by atoms with Crippen molar-refractivity contribution in [2.24, 2.45) is 7.05 Å². The van der Waals surface area contributed by atoms with E-state index in [-0.39, 0.29) is 5.91 Å². The Morgan fingerprint density at radius 2 is 2.45 bits per heavy atom. The Morgan fingerprint density at radius 3 is 3.14 bits per heavy atom. The molecular weight excluding hydrogens is 302 g/mol. The number of nitrogens with one attached hydrogen (secondary N) is 1. The molecule has 0 saturated carbocycles. The van der Waals surface area contributed by atoms with E-state index in [0.717, 1.165) is 36.0 Å². The van der Waals surface area contributed by atoms with Gasteiger partial charge in [0.25, 0.3) is 5.91 Å². The third-order valence-corrected chi connectivity index (χ3v) is 5.06. The highest BCUT2D eigenvalue weighted by Crippen LogP contribution is 2.30. The van der Waals surface area contributed by atoms with Crippen LogP contribution in [0.4, 0.5) is 0 Å². The Morgan fingerprint density at radius 1 is 1.59 bits per heavy atom. The summed E-state index contributed by atoms with van der Waals surface area (Å²) in [5.74, 6) is 0.926. The molecule has 1 atom stereocenters. The zero-order chi connectivity index (χ0) is 15.5. The first-order valence-electron chi connectivity index (χ1n) is 7.31. The van der Waals surface area contributed by atoms with E-state index < -0.39 is 0 Å². The van der Waals surface area contributed by atoms with Crippen LogP contribution >= 0.6 is 11.3 Å². The fraction of sp³-hybridized carbons (Fsp3) is 0.571. The van der Waals surface area contributed by atoms with Crippen LogP contribution in [0, 0.1) is 6.92 Å². The fourth-order valence-electron chi connectivity index (χ4n) is 2.44. The van der Waals surface area contributed by atoms with Crippen molar-refractivity contribution < 1.29 is 9.53 Å². The lowest BCUT2D eigenvalue weighted by molar-refractivity contribution is 0.0803. The van der Waals surface area contributed by atoms with Gasteiger partial charge in [0.1, 0.15) is 11.2 Å². The van der Waals surface area contributed by atoms with Crippen molar-refractivity contribution in [1.29, 1.82) is 0 Å². The molecule has 1 N–H and O–H groups in total. The van der Waals surface area contributed by atoms with Gasteiger partial charge in [-0.25, -0.2) is 4.98 Å². The number of thiazole rings is 1. The molecule has 2 aromatic heterocycles. The number of aromatic nitrogens is 4. The molecule has 1 fully saturated rings. The van der Waals surface area contributed by atoms with Gasteiger partial charge in [-0.2, -0.15) is 0 Å². The molecule has 8 heteroatoms. The molecule has 1 unspecified atom stereocenters. The summed E-state index contributed by atoms with van der Waals surface area (Å²) in [6, 6.07) is 0. The lowest BCUT2D eigenvalue weighted by Crippen LogP contribution is -2.24. The van der Waals surface area contributed by atoms with E-state index in [1.54, 1.807) is 10.9 Å². The highest BCUT2D eigenvalue weighted by Gasteiger charge is 2.23. The maximum atomic E-state index is 12.3. The normalized spacial score (nSPS) is 18.4. The van der Waals surface area contributed by atoms with Crippen LogP contribution in [-0.4, -0.2) is 38.9 Å². The lowest BCUT2D eigenvalue weighted by Gasteiger charge is -2.19. The van der Waals surface area contributed by atoms with Gasteiger partial charge >= 0.3 is 0 Å². The molecule has 2 aromatic rings. The highest BCUT2D eigenvalue weighted by atomic mass is 32.1. The Hall–Kier alpha value is -1.80. The largest absolute Gasteiger partial charge is 0.381 e. The zero-order valence-corrected chi connectivity index (χ0v) is 13.5. The van der Waals surface area contributed by atoms with Crippen LogP contribution < -0.4 is 5.32 Å². The second-order valence-corrected chi connectivity index (χ2v) is 6.45.